The van der Waals surface area contributed by atoms with Crippen molar-refractivity contribution in [2.45, 2.75) is 65.2 Å². The fraction of sp³-hybridized carbons (Fsp3) is 0.786. The highest BCUT2D eigenvalue weighted by molar-refractivity contribution is 6.47. The summed E-state index contributed by atoms with van der Waals surface area (Å²) in [5.41, 5.74) is 0.407. The molecule has 0 bridgehead atoms. The Morgan fingerprint density at radius 1 is 1.42 bits per heavy atom. The minimum Gasteiger partial charge on any atom is -0.426 e. The van der Waals surface area contributed by atoms with Crippen molar-refractivity contribution in [3.8, 4) is 0 Å². The SMILES string of the molecule is Cc1nn(CC2CC2)cc1[B]OC(C)(C)C(C)(C)O. The van der Waals surface area contributed by atoms with Crippen LogP contribution in [0.2, 0.25) is 0 Å². The Hall–Kier alpha value is -0.805. The van der Waals surface area contributed by atoms with Crippen LogP contribution in [0.4, 0.5) is 0 Å². The zero-order valence-electron chi connectivity index (χ0n) is 12.6. The summed E-state index contributed by atoms with van der Waals surface area (Å²) in [5.74, 6) is 0.806. The first-order valence-electron chi connectivity index (χ1n) is 6.96. The summed E-state index contributed by atoms with van der Waals surface area (Å²) in [6, 6.07) is 0. The van der Waals surface area contributed by atoms with Gasteiger partial charge in [0.2, 0.25) is 0 Å². The van der Waals surface area contributed by atoms with Gasteiger partial charge in [0.15, 0.2) is 0 Å². The van der Waals surface area contributed by atoms with Gasteiger partial charge in [-0.2, -0.15) is 5.10 Å². The van der Waals surface area contributed by atoms with Crippen molar-refractivity contribution in [2.75, 3.05) is 0 Å². The van der Waals surface area contributed by atoms with Crippen molar-refractivity contribution in [2.24, 2.45) is 5.92 Å². The van der Waals surface area contributed by atoms with Gasteiger partial charge in [0.05, 0.1) is 16.9 Å². The molecule has 1 aliphatic carbocycles. The van der Waals surface area contributed by atoms with E-state index >= 15 is 0 Å². The van der Waals surface area contributed by atoms with E-state index in [1.165, 1.54) is 12.8 Å². The fourth-order valence-corrected chi connectivity index (χ4v) is 1.66. The Morgan fingerprint density at radius 3 is 2.58 bits per heavy atom. The second-order valence-electron chi connectivity index (χ2n) is 6.64. The third-order valence-electron chi connectivity index (χ3n) is 4.08. The predicted octanol–water partition coefficient (Wildman–Crippen LogP) is 1.41. The minimum atomic E-state index is -0.901. The van der Waals surface area contributed by atoms with Crippen molar-refractivity contribution >= 4 is 12.9 Å². The molecule has 0 aromatic carbocycles. The summed E-state index contributed by atoms with van der Waals surface area (Å²) < 4.78 is 7.77. The van der Waals surface area contributed by atoms with E-state index in [9.17, 15) is 5.11 Å². The topological polar surface area (TPSA) is 47.3 Å². The molecule has 0 saturated heterocycles. The molecule has 1 heterocycles. The van der Waals surface area contributed by atoms with Crippen molar-refractivity contribution < 1.29 is 9.76 Å². The monoisotopic (exact) mass is 263 g/mol. The van der Waals surface area contributed by atoms with Gasteiger partial charge in [0.1, 0.15) is 0 Å². The number of aromatic nitrogens is 2. The molecule has 4 nitrogen and oxygen atoms in total. The van der Waals surface area contributed by atoms with Crippen molar-refractivity contribution in [3.05, 3.63) is 11.9 Å². The van der Waals surface area contributed by atoms with Gasteiger partial charge in [0, 0.05) is 12.7 Å². The molecule has 5 heteroatoms. The minimum absolute atomic E-state index is 0.641. The van der Waals surface area contributed by atoms with Crippen LogP contribution in [0.25, 0.3) is 0 Å². The van der Waals surface area contributed by atoms with E-state index < -0.39 is 11.2 Å². The van der Waals surface area contributed by atoms with E-state index in [1.807, 2.05) is 31.6 Å². The Kier molecular flexibility index (Phi) is 3.80. The number of aryl methyl sites for hydroxylation is 1. The molecule has 1 saturated carbocycles. The maximum absolute atomic E-state index is 10.1. The van der Waals surface area contributed by atoms with E-state index in [1.54, 1.807) is 21.3 Å². The summed E-state index contributed by atoms with van der Waals surface area (Å²) in [4.78, 5) is 0. The lowest BCUT2D eigenvalue weighted by Crippen LogP contribution is -2.49. The normalized spacial score (nSPS) is 16.7. The van der Waals surface area contributed by atoms with Crippen LogP contribution in [0.1, 0.15) is 46.2 Å². The summed E-state index contributed by atoms with van der Waals surface area (Å²) in [6.45, 7) is 10.3. The molecule has 1 fully saturated rings. The van der Waals surface area contributed by atoms with Crippen LogP contribution in [0.15, 0.2) is 6.20 Å². The van der Waals surface area contributed by atoms with E-state index in [0.29, 0.717) is 0 Å². The van der Waals surface area contributed by atoms with Gasteiger partial charge in [0.25, 0.3) is 0 Å². The van der Waals surface area contributed by atoms with Crippen LogP contribution >= 0.6 is 0 Å². The maximum Gasteiger partial charge on any atom is 0.334 e. The average molecular weight is 263 g/mol. The zero-order chi connectivity index (χ0) is 14.3. The average Bonchev–Trinajstić information content (AvgIpc) is 2.98. The molecule has 0 aliphatic heterocycles. The molecule has 19 heavy (non-hydrogen) atoms. The highest BCUT2D eigenvalue weighted by Crippen LogP contribution is 2.30. The Labute approximate surface area is 116 Å². The third kappa shape index (κ3) is 3.60. The molecular formula is C14H24BN2O2. The van der Waals surface area contributed by atoms with E-state index in [-0.39, 0.29) is 0 Å². The molecule has 105 valence electrons. The molecule has 1 radical (unpaired) electrons. The first kappa shape index (κ1) is 14.6. The summed E-state index contributed by atoms with van der Waals surface area (Å²) in [7, 11) is 1.71. The van der Waals surface area contributed by atoms with Gasteiger partial charge in [-0.15, -0.1) is 0 Å². The van der Waals surface area contributed by atoms with Crippen LogP contribution < -0.4 is 5.46 Å². The first-order chi connectivity index (χ1) is 8.69. The van der Waals surface area contributed by atoms with Gasteiger partial charge in [-0.05, 0) is 58.8 Å². The van der Waals surface area contributed by atoms with Gasteiger partial charge >= 0.3 is 7.48 Å². The highest BCUT2D eigenvalue weighted by Gasteiger charge is 2.36. The zero-order valence-corrected chi connectivity index (χ0v) is 12.6. The van der Waals surface area contributed by atoms with Crippen molar-refractivity contribution in [1.82, 2.24) is 9.78 Å². The van der Waals surface area contributed by atoms with Crippen molar-refractivity contribution in [1.29, 1.82) is 0 Å². The number of aliphatic hydroxyl groups is 1. The lowest BCUT2D eigenvalue weighted by atomic mass is 9.83. The summed E-state index contributed by atoms with van der Waals surface area (Å²) >= 11 is 0. The largest absolute Gasteiger partial charge is 0.426 e. The van der Waals surface area contributed by atoms with E-state index in [2.05, 4.69) is 5.10 Å². The smallest absolute Gasteiger partial charge is 0.334 e. The van der Waals surface area contributed by atoms with Crippen LogP contribution in [-0.2, 0) is 11.2 Å². The molecule has 1 aliphatic rings. The molecule has 2 rings (SSSR count). The van der Waals surface area contributed by atoms with Crippen LogP contribution in [0.3, 0.4) is 0 Å². The van der Waals surface area contributed by atoms with Crippen molar-refractivity contribution in [3.63, 3.8) is 0 Å². The number of nitrogens with zero attached hydrogens (tertiary/aromatic N) is 2. The summed E-state index contributed by atoms with van der Waals surface area (Å²) in [6.07, 6.45) is 4.66. The van der Waals surface area contributed by atoms with Crippen LogP contribution in [-0.4, -0.2) is 33.6 Å². The molecule has 0 amide bonds. The van der Waals surface area contributed by atoms with Crippen LogP contribution in [0.5, 0.6) is 0 Å². The molecule has 1 N–H and O–H groups in total. The quantitative estimate of drug-likeness (QED) is 0.789. The highest BCUT2D eigenvalue weighted by atomic mass is 16.5. The molecule has 1 aromatic rings. The van der Waals surface area contributed by atoms with Gasteiger partial charge in [-0.1, -0.05) is 0 Å². The first-order valence-corrected chi connectivity index (χ1v) is 6.96. The second kappa shape index (κ2) is 4.95. The predicted molar refractivity (Wildman–Crippen MR) is 76.5 cm³/mol. The standard InChI is InChI=1S/C14H24BN2O2/c1-10-12(9-17(16-10)8-11-6-7-11)15-19-14(4,5)13(2,3)18/h9,11,18H,6-8H2,1-5H3. The van der Waals surface area contributed by atoms with Crippen LogP contribution in [0, 0.1) is 12.8 Å². The summed E-state index contributed by atoms with van der Waals surface area (Å²) in [5, 5.41) is 14.6. The lowest BCUT2D eigenvalue weighted by molar-refractivity contribution is -0.0893. The maximum atomic E-state index is 10.1. The fourth-order valence-electron chi connectivity index (χ4n) is 1.66. The lowest BCUT2D eigenvalue weighted by Gasteiger charge is -2.37. The number of hydrogen-bond acceptors (Lipinski definition) is 3. The molecule has 0 unspecified atom stereocenters. The molecule has 1 aromatic heterocycles. The van der Waals surface area contributed by atoms with Gasteiger partial charge in [-0.3, -0.25) is 4.68 Å². The Bertz CT molecular complexity index is 445. The molecule has 0 atom stereocenters. The molecule has 0 spiro atoms. The molecular weight excluding hydrogens is 239 g/mol. The van der Waals surface area contributed by atoms with Gasteiger partial charge in [-0.25, -0.2) is 0 Å². The Morgan fingerprint density at radius 2 is 2.05 bits per heavy atom. The van der Waals surface area contributed by atoms with E-state index in [0.717, 1.165) is 23.6 Å². The number of hydrogen-bond donors (Lipinski definition) is 1. The van der Waals surface area contributed by atoms with E-state index in [4.69, 9.17) is 4.65 Å². The third-order valence-corrected chi connectivity index (χ3v) is 4.08. The second-order valence-corrected chi connectivity index (χ2v) is 6.64. The van der Waals surface area contributed by atoms with Gasteiger partial charge < -0.3 is 9.76 Å². The number of rotatable bonds is 6. The Balaban J connectivity index is 1.97.